The van der Waals surface area contributed by atoms with Crippen molar-refractivity contribution in [3.63, 3.8) is 0 Å². The molecular formula is C13H17ClFIN2O. The zero-order valence-corrected chi connectivity index (χ0v) is 13.4. The van der Waals surface area contributed by atoms with Crippen LogP contribution in [-0.2, 0) is 0 Å². The van der Waals surface area contributed by atoms with Crippen molar-refractivity contribution in [2.45, 2.75) is 31.2 Å². The SMILES string of the molecule is Cl.NCC1(NC(=O)c2ccc(I)c(F)c2)CCCC1. The Morgan fingerprint density at radius 3 is 2.58 bits per heavy atom. The molecule has 2 rings (SSSR count). The van der Waals surface area contributed by atoms with Gasteiger partial charge in [-0.1, -0.05) is 12.8 Å². The largest absolute Gasteiger partial charge is 0.345 e. The van der Waals surface area contributed by atoms with Gasteiger partial charge in [0.1, 0.15) is 5.82 Å². The maximum atomic E-state index is 13.4. The van der Waals surface area contributed by atoms with Crippen LogP contribution in [0.4, 0.5) is 4.39 Å². The third kappa shape index (κ3) is 3.79. The highest BCUT2D eigenvalue weighted by molar-refractivity contribution is 14.1. The minimum atomic E-state index is -0.364. The van der Waals surface area contributed by atoms with Crippen LogP contribution >= 0.6 is 35.0 Å². The Morgan fingerprint density at radius 2 is 2.05 bits per heavy atom. The summed E-state index contributed by atoms with van der Waals surface area (Å²) in [4.78, 5) is 12.1. The molecule has 0 aromatic heterocycles. The summed E-state index contributed by atoms with van der Waals surface area (Å²) in [6.45, 7) is 0.436. The molecule has 3 N–H and O–H groups in total. The van der Waals surface area contributed by atoms with E-state index in [1.807, 2.05) is 22.6 Å². The van der Waals surface area contributed by atoms with Gasteiger partial charge in [-0.05, 0) is 53.6 Å². The van der Waals surface area contributed by atoms with Crippen LogP contribution < -0.4 is 11.1 Å². The van der Waals surface area contributed by atoms with Crippen molar-refractivity contribution in [1.29, 1.82) is 0 Å². The Balaban J connectivity index is 0.00000180. The Kier molecular flexibility index (Phi) is 6.01. The van der Waals surface area contributed by atoms with E-state index in [-0.39, 0.29) is 29.7 Å². The molecule has 0 atom stereocenters. The Bertz CT molecular complexity index is 464. The average Bonchev–Trinajstić information content (AvgIpc) is 2.82. The van der Waals surface area contributed by atoms with Crippen LogP contribution in [0.5, 0.6) is 0 Å². The molecule has 1 aromatic rings. The van der Waals surface area contributed by atoms with Gasteiger partial charge < -0.3 is 11.1 Å². The number of nitrogens with one attached hydrogen (secondary N) is 1. The molecule has 0 radical (unpaired) electrons. The van der Waals surface area contributed by atoms with Gasteiger partial charge in [0.2, 0.25) is 0 Å². The maximum Gasteiger partial charge on any atom is 0.251 e. The van der Waals surface area contributed by atoms with E-state index in [0.29, 0.717) is 15.7 Å². The Labute approximate surface area is 132 Å². The first-order valence-electron chi connectivity index (χ1n) is 6.04. The van der Waals surface area contributed by atoms with Gasteiger partial charge in [-0.25, -0.2) is 4.39 Å². The second kappa shape index (κ2) is 6.85. The molecule has 0 heterocycles. The molecule has 1 saturated carbocycles. The standard InChI is InChI=1S/C13H16FIN2O.ClH/c14-10-7-9(3-4-11(10)15)12(18)17-13(8-16)5-1-2-6-13;/h3-4,7H,1-2,5-6,8,16H2,(H,17,18);1H. The number of halogens is 3. The molecular weight excluding hydrogens is 382 g/mol. The second-order valence-corrected chi connectivity index (χ2v) is 5.94. The van der Waals surface area contributed by atoms with Crippen molar-refractivity contribution in [2.75, 3.05) is 6.54 Å². The van der Waals surface area contributed by atoms with Crippen LogP contribution in [0.25, 0.3) is 0 Å². The van der Waals surface area contributed by atoms with Crippen LogP contribution in [0.3, 0.4) is 0 Å². The zero-order chi connectivity index (χ0) is 13.2. The molecule has 19 heavy (non-hydrogen) atoms. The predicted molar refractivity (Wildman–Crippen MR) is 84.1 cm³/mol. The molecule has 0 unspecified atom stereocenters. The third-order valence-corrected chi connectivity index (χ3v) is 4.39. The summed E-state index contributed by atoms with van der Waals surface area (Å²) in [5, 5.41) is 2.97. The van der Waals surface area contributed by atoms with E-state index in [0.717, 1.165) is 25.7 Å². The number of hydrogen-bond donors (Lipinski definition) is 2. The summed E-state index contributed by atoms with van der Waals surface area (Å²) in [6.07, 6.45) is 3.97. The van der Waals surface area contributed by atoms with Crippen molar-refractivity contribution >= 4 is 40.9 Å². The zero-order valence-electron chi connectivity index (χ0n) is 10.4. The molecule has 3 nitrogen and oxygen atoms in total. The summed E-state index contributed by atoms with van der Waals surface area (Å²) >= 11 is 1.90. The maximum absolute atomic E-state index is 13.4. The van der Waals surface area contributed by atoms with Crippen molar-refractivity contribution in [1.82, 2.24) is 5.32 Å². The van der Waals surface area contributed by atoms with Crippen molar-refractivity contribution in [2.24, 2.45) is 5.73 Å². The number of amides is 1. The van der Waals surface area contributed by atoms with Crippen molar-refractivity contribution < 1.29 is 9.18 Å². The predicted octanol–water partition coefficient (Wildman–Crippen LogP) is 2.85. The van der Waals surface area contributed by atoms with Crippen LogP contribution in [0.1, 0.15) is 36.0 Å². The highest BCUT2D eigenvalue weighted by Gasteiger charge is 2.34. The topological polar surface area (TPSA) is 55.1 Å². The number of benzene rings is 1. The van der Waals surface area contributed by atoms with E-state index in [9.17, 15) is 9.18 Å². The highest BCUT2D eigenvalue weighted by Crippen LogP contribution is 2.29. The summed E-state index contributed by atoms with van der Waals surface area (Å²) in [5.41, 5.74) is 5.82. The van der Waals surface area contributed by atoms with Crippen LogP contribution in [0.2, 0.25) is 0 Å². The molecule has 1 aliphatic carbocycles. The van der Waals surface area contributed by atoms with E-state index in [4.69, 9.17) is 5.73 Å². The number of rotatable bonds is 3. The first-order valence-corrected chi connectivity index (χ1v) is 7.12. The van der Waals surface area contributed by atoms with E-state index >= 15 is 0 Å². The molecule has 0 saturated heterocycles. The van der Waals surface area contributed by atoms with E-state index in [1.54, 1.807) is 12.1 Å². The van der Waals surface area contributed by atoms with Crippen LogP contribution in [-0.4, -0.2) is 18.0 Å². The normalized spacial score (nSPS) is 16.8. The summed E-state index contributed by atoms with van der Waals surface area (Å²) in [5.74, 6) is -0.603. The lowest BCUT2D eigenvalue weighted by atomic mass is 9.97. The number of nitrogens with two attached hydrogens (primary N) is 1. The second-order valence-electron chi connectivity index (χ2n) is 4.77. The average molecular weight is 399 g/mol. The number of carbonyl (C=O) groups is 1. The van der Waals surface area contributed by atoms with E-state index in [2.05, 4.69) is 5.32 Å². The van der Waals surface area contributed by atoms with Gasteiger partial charge in [-0.2, -0.15) is 0 Å². The first-order chi connectivity index (χ1) is 8.56. The lowest BCUT2D eigenvalue weighted by molar-refractivity contribution is 0.0902. The lowest BCUT2D eigenvalue weighted by Crippen LogP contribution is -2.51. The van der Waals surface area contributed by atoms with Gasteiger partial charge in [0.05, 0.1) is 5.54 Å². The minimum absolute atomic E-state index is 0. The molecule has 0 bridgehead atoms. The third-order valence-electron chi connectivity index (χ3n) is 3.51. The van der Waals surface area contributed by atoms with Crippen molar-refractivity contribution in [3.05, 3.63) is 33.1 Å². The minimum Gasteiger partial charge on any atom is -0.345 e. The van der Waals surface area contributed by atoms with E-state index in [1.165, 1.54) is 6.07 Å². The molecule has 1 aliphatic rings. The fourth-order valence-corrected chi connectivity index (χ4v) is 2.72. The molecule has 1 amide bonds. The van der Waals surface area contributed by atoms with Gasteiger partial charge >= 0.3 is 0 Å². The Morgan fingerprint density at radius 1 is 1.42 bits per heavy atom. The molecule has 1 fully saturated rings. The van der Waals surface area contributed by atoms with Crippen LogP contribution in [0.15, 0.2) is 18.2 Å². The summed E-state index contributed by atoms with van der Waals surface area (Å²) in [6, 6.07) is 4.52. The summed E-state index contributed by atoms with van der Waals surface area (Å²) < 4.78 is 13.9. The highest BCUT2D eigenvalue weighted by atomic mass is 127. The summed E-state index contributed by atoms with van der Waals surface area (Å²) in [7, 11) is 0. The van der Waals surface area contributed by atoms with Gasteiger partial charge in [0, 0.05) is 15.7 Å². The fraction of sp³-hybridized carbons (Fsp3) is 0.462. The molecule has 0 aliphatic heterocycles. The smallest absolute Gasteiger partial charge is 0.251 e. The van der Waals surface area contributed by atoms with Gasteiger partial charge in [0.15, 0.2) is 0 Å². The fourth-order valence-electron chi connectivity index (χ4n) is 2.38. The van der Waals surface area contributed by atoms with Crippen LogP contribution in [0, 0.1) is 9.39 Å². The van der Waals surface area contributed by atoms with E-state index < -0.39 is 0 Å². The Hall–Kier alpha value is -0.400. The lowest BCUT2D eigenvalue weighted by Gasteiger charge is -2.28. The van der Waals surface area contributed by atoms with Gasteiger partial charge in [-0.3, -0.25) is 4.79 Å². The molecule has 106 valence electrons. The molecule has 0 spiro atoms. The van der Waals surface area contributed by atoms with Gasteiger partial charge in [0.25, 0.3) is 5.91 Å². The first kappa shape index (κ1) is 16.7. The van der Waals surface area contributed by atoms with Crippen molar-refractivity contribution in [3.8, 4) is 0 Å². The quantitative estimate of drug-likeness (QED) is 0.769. The molecule has 1 aromatic carbocycles. The number of carbonyl (C=O) groups excluding carboxylic acids is 1. The van der Waals surface area contributed by atoms with Gasteiger partial charge in [-0.15, -0.1) is 12.4 Å². The number of hydrogen-bond acceptors (Lipinski definition) is 2. The monoisotopic (exact) mass is 398 g/mol. The molecule has 6 heteroatoms.